The van der Waals surface area contributed by atoms with E-state index in [2.05, 4.69) is 164 Å². The highest BCUT2D eigenvalue weighted by atomic mass is 16.3. The SMILES string of the molecule is c1ccc(-c2nc(-c3ccc(-c4cc5c(cc4-c4ccccc4)-c4ccccc4C5(c4ccccc4)c4ccccc4)cc3)nc(-c3cccc4c3oc3ccccc34)n2)cc1. The van der Waals surface area contributed by atoms with Crippen LogP contribution in [0.3, 0.4) is 0 Å². The third kappa shape index (κ3) is 5.65. The molecular weight excluding hydrogens is 755 g/mol. The van der Waals surface area contributed by atoms with E-state index in [1.165, 1.54) is 38.9 Å². The van der Waals surface area contributed by atoms with E-state index in [0.717, 1.165) is 55.3 Å². The summed E-state index contributed by atoms with van der Waals surface area (Å²) in [7, 11) is 0. The Morgan fingerprint density at radius 3 is 1.48 bits per heavy atom. The third-order valence-electron chi connectivity index (χ3n) is 12.4. The normalized spacial score (nSPS) is 12.6. The molecule has 11 aromatic rings. The van der Waals surface area contributed by atoms with Crippen LogP contribution in [0, 0.1) is 0 Å². The van der Waals surface area contributed by atoms with Crippen LogP contribution in [0.2, 0.25) is 0 Å². The minimum absolute atomic E-state index is 0.518. The fraction of sp³-hybridized carbons (Fsp3) is 0.0172. The number of hydrogen-bond donors (Lipinski definition) is 0. The quantitative estimate of drug-likeness (QED) is 0.161. The molecule has 0 radical (unpaired) electrons. The summed E-state index contributed by atoms with van der Waals surface area (Å²) >= 11 is 0. The molecule has 0 unspecified atom stereocenters. The zero-order chi connectivity index (χ0) is 41.0. The summed E-state index contributed by atoms with van der Waals surface area (Å²) in [5.41, 5.74) is 15.8. The van der Waals surface area contributed by atoms with E-state index in [-0.39, 0.29) is 0 Å². The van der Waals surface area contributed by atoms with Crippen LogP contribution in [0.1, 0.15) is 22.3 Å². The van der Waals surface area contributed by atoms with Crippen molar-refractivity contribution in [1.82, 2.24) is 15.0 Å². The van der Waals surface area contributed by atoms with Crippen molar-refractivity contribution in [3.63, 3.8) is 0 Å². The van der Waals surface area contributed by atoms with Crippen LogP contribution < -0.4 is 0 Å². The molecule has 0 spiro atoms. The van der Waals surface area contributed by atoms with Crippen LogP contribution in [0.25, 0.3) is 89.5 Å². The topological polar surface area (TPSA) is 51.8 Å². The molecule has 290 valence electrons. The Morgan fingerprint density at radius 2 is 0.790 bits per heavy atom. The van der Waals surface area contributed by atoms with Crippen LogP contribution in [0.4, 0.5) is 0 Å². The number of aromatic nitrogens is 3. The second kappa shape index (κ2) is 14.5. The smallest absolute Gasteiger partial charge is 0.167 e. The van der Waals surface area contributed by atoms with Gasteiger partial charge in [0.05, 0.1) is 11.0 Å². The number of furan rings is 1. The summed E-state index contributed by atoms with van der Waals surface area (Å²) in [6.07, 6.45) is 0. The Balaban J connectivity index is 1.05. The van der Waals surface area contributed by atoms with E-state index in [4.69, 9.17) is 19.4 Å². The van der Waals surface area contributed by atoms with Crippen molar-refractivity contribution in [2.75, 3.05) is 0 Å². The molecule has 12 rings (SSSR count). The molecule has 0 aliphatic heterocycles. The Bertz CT molecular complexity index is 3390. The van der Waals surface area contributed by atoms with Gasteiger partial charge in [-0.3, -0.25) is 0 Å². The van der Waals surface area contributed by atoms with Crippen molar-refractivity contribution in [3.8, 4) is 67.5 Å². The lowest BCUT2D eigenvalue weighted by Crippen LogP contribution is -2.28. The molecule has 9 aromatic carbocycles. The lowest BCUT2D eigenvalue weighted by atomic mass is 9.67. The highest BCUT2D eigenvalue weighted by Gasteiger charge is 2.46. The molecule has 62 heavy (non-hydrogen) atoms. The predicted molar refractivity (Wildman–Crippen MR) is 252 cm³/mol. The van der Waals surface area contributed by atoms with Crippen molar-refractivity contribution in [2.45, 2.75) is 5.41 Å². The van der Waals surface area contributed by atoms with E-state index >= 15 is 0 Å². The first-order valence-electron chi connectivity index (χ1n) is 21.0. The molecule has 2 heterocycles. The average molecular weight is 792 g/mol. The number of fused-ring (bicyclic) bond motifs is 6. The molecule has 2 aromatic heterocycles. The standard InChI is InChI=1S/C58H37N3O/c1-5-18-38(19-6-1)48-36-50-44-26-13-15-30-51(44)58(42-22-9-3-10-23-42,43-24-11-4-12-25-43)52(50)37-49(48)39-32-34-41(35-33-39)56-59-55(40-20-7-2-8-21-40)60-57(61-56)47-29-17-28-46-45-27-14-16-31-53(45)62-54(46)47/h1-37H. The van der Waals surface area contributed by atoms with Crippen LogP contribution in [0.5, 0.6) is 0 Å². The van der Waals surface area contributed by atoms with Crippen molar-refractivity contribution in [3.05, 3.63) is 247 Å². The van der Waals surface area contributed by atoms with Crippen molar-refractivity contribution >= 4 is 21.9 Å². The molecule has 0 saturated heterocycles. The predicted octanol–water partition coefficient (Wildman–Crippen LogP) is 14.5. The first-order chi connectivity index (χ1) is 30.7. The van der Waals surface area contributed by atoms with Crippen LogP contribution >= 0.6 is 0 Å². The lowest BCUT2D eigenvalue weighted by molar-refractivity contribution is 0.669. The first kappa shape index (κ1) is 35.7. The van der Waals surface area contributed by atoms with Gasteiger partial charge in [-0.05, 0) is 79.9 Å². The van der Waals surface area contributed by atoms with Crippen LogP contribution in [-0.2, 0) is 5.41 Å². The van der Waals surface area contributed by atoms with Gasteiger partial charge in [0, 0.05) is 21.9 Å². The Kier molecular flexibility index (Phi) is 8.36. The molecule has 4 nitrogen and oxygen atoms in total. The number of para-hydroxylation sites is 2. The number of nitrogens with zero attached hydrogens (tertiary/aromatic N) is 3. The maximum absolute atomic E-state index is 6.46. The Hall–Kier alpha value is -8.21. The fourth-order valence-corrected chi connectivity index (χ4v) is 9.65. The summed E-state index contributed by atoms with van der Waals surface area (Å²) in [5.74, 6) is 1.75. The summed E-state index contributed by atoms with van der Waals surface area (Å²) in [4.78, 5) is 15.3. The largest absolute Gasteiger partial charge is 0.455 e. The summed E-state index contributed by atoms with van der Waals surface area (Å²) in [5, 5.41) is 2.09. The van der Waals surface area contributed by atoms with E-state index < -0.39 is 5.41 Å². The first-order valence-corrected chi connectivity index (χ1v) is 21.0. The van der Waals surface area contributed by atoms with Crippen LogP contribution in [-0.4, -0.2) is 15.0 Å². The minimum atomic E-state index is -0.518. The van der Waals surface area contributed by atoms with Gasteiger partial charge in [0.1, 0.15) is 11.2 Å². The van der Waals surface area contributed by atoms with Gasteiger partial charge in [-0.25, -0.2) is 15.0 Å². The van der Waals surface area contributed by atoms with Gasteiger partial charge in [-0.2, -0.15) is 0 Å². The van der Waals surface area contributed by atoms with Gasteiger partial charge in [0.2, 0.25) is 0 Å². The zero-order valence-corrected chi connectivity index (χ0v) is 33.6. The molecule has 0 amide bonds. The summed E-state index contributed by atoms with van der Waals surface area (Å²) in [6, 6.07) is 79.6. The van der Waals surface area contributed by atoms with Crippen molar-refractivity contribution in [1.29, 1.82) is 0 Å². The molecule has 0 fully saturated rings. The molecule has 1 aliphatic carbocycles. The van der Waals surface area contributed by atoms with E-state index in [0.29, 0.717) is 17.5 Å². The highest BCUT2D eigenvalue weighted by Crippen LogP contribution is 2.58. The number of rotatable bonds is 7. The zero-order valence-electron chi connectivity index (χ0n) is 33.6. The van der Waals surface area contributed by atoms with E-state index in [9.17, 15) is 0 Å². The molecular formula is C58H37N3O. The van der Waals surface area contributed by atoms with Crippen molar-refractivity contribution < 1.29 is 4.42 Å². The summed E-state index contributed by atoms with van der Waals surface area (Å²) in [6.45, 7) is 0. The van der Waals surface area contributed by atoms with Crippen molar-refractivity contribution in [2.24, 2.45) is 0 Å². The molecule has 0 N–H and O–H groups in total. The second-order valence-corrected chi connectivity index (χ2v) is 15.9. The minimum Gasteiger partial charge on any atom is -0.455 e. The molecule has 0 saturated carbocycles. The highest BCUT2D eigenvalue weighted by molar-refractivity contribution is 6.09. The summed E-state index contributed by atoms with van der Waals surface area (Å²) < 4.78 is 6.46. The second-order valence-electron chi connectivity index (χ2n) is 15.9. The molecule has 1 aliphatic rings. The third-order valence-corrected chi connectivity index (χ3v) is 12.4. The Morgan fingerprint density at radius 1 is 0.306 bits per heavy atom. The van der Waals surface area contributed by atoms with E-state index in [1.54, 1.807) is 0 Å². The van der Waals surface area contributed by atoms with Gasteiger partial charge < -0.3 is 4.42 Å². The maximum Gasteiger partial charge on any atom is 0.167 e. The average Bonchev–Trinajstić information content (AvgIpc) is 3.88. The fourth-order valence-electron chi connectivity index (χ4n) is 9.65. The van der Waals surface area contributed by atoms with Gasteiger partial charge in [0.25, 0.3) is 0 Å². The lowest BCUT2D eigenvalue weighted by Gasteiger charge is -2.34. The molecule has 0 bridgehead atoms. The number of benzene rings is 9. The Labute approximate surface area is 359 Å². The number of hydrogen-bond acceptors (Lipinski definition) is 4. The van der Waals surface area contributed by atoms with Gasteiger partial charge in [-0.15, -0.1) is 0 Å². The molecule has 0 atom stereocenters. The van der Waals surface area contributed by atoms with E-state index in [1.807, 2.05) is 60.7 Å². The molecule has 4 heteroatoms. The van der Waals surface area contributed by atoms with Crippen LogP contribution in [0.15, 0.2) is 229 Å². The van der Waals surface area contributed by atoms with Gasteiger partial charge >= 0.3 is 0 Å². The maximum atomic E-state index is 6.46. The monoisotopic (exact) mass is 791 g/mol. The van der Waals surface area contributed by atoms with Gasteiger partial charge in [-0.1, -0.05) is 200 Å². The van der Waals surface area contributed by atoms with Gasteiger partial charge in [0.15, 0.2) is 17.5 Å².